The standard InChI is InChI=1S/C11H11N3O4S2/c15-6-12-7(11(16)17)4-19-5-9-13-10(18-14-9)8-2-1-3-20-8/h1-3,6-7H,4-5H2,(H,12,15)(H,16,17). The lowest BCUT2D eigenvalue weighted by molar-refractivity contribution is -0.139. The molecule has 2 N–H and O–H groups in total. The van der Waals surface area contributed by atoms with Gasteiger partial charge in [0.1, 0.15) is 6.04 Å². The molecule has 0 radical (unpaired) electrons. The maximum atomic E-state index is 10.8. The first-order chi connectivity index (χ1) is 9.70. The Labute approximate surface area is 122 Å². The van der Waals surface area contributed by atoms with E-state index in [2.05, 4.69) is 15.5 Å². The normalized spacial score (nSPS) is 12.0. The van der Waals surface area contributed by atoms with Gasteiger partial charge in [0.05, 0.1) is 10.6 Å². The van der Waals surface area contributed by atoms with Gasteiger partial charge in [-0.3, -0.25) is 4.79 Å². The van der Waals surface area contributed by atoms with E-state index in [0.717, 1.165) is 4.88 Å². The molecule has 7 nitrogen and oxygen atoms in total. The Hall–Kier alpha value is -1.87. The van der Waals surface area contributed by atoms with E-state index in [1.165, 1.54) is 23.1 Å². The monoisotopic (exact) mass is 313 g/mol. The largest absolute Gasteiger partial charge is 0.480 e. The van der Waals surface area contributed by atoms with Crippen LogP contribution >= 0.6 is 23.1 Å². The minimum atomic E-state index is -1.07. The van der Waals surface area contributed by atoms with Gasteiger partial charge in [-0.2, -0.15) is 16.7 Å². The zero-order valence-electron chi connectivity index (χ0n) is 10.2. The zero-order chi connectivity index (χ0) is 14.4. The van der Waals surface area contributed by atoms with Crippen LogP contribution in [0.3, 0.4) is 0 Å². The molecule has 1 unspecified atom stereocenters. The van der Waals surface area contributed by atoms with Crippen molar-refractivity contribution in [1.82, 2.24) is 15.5 Å². The van der Waals surface area contributed by atoms with E-state index in [-0.39, 0.29) is 5.75 Å². The third-order valence-electron chi connectivity index (χ3n) is 2.28. The summed E-state index contributed by atoms with van der Waals surface area (Å²) in [4.78, 5) is 26.2. The molecule has 106 valence electrons. The van der Waals surface area contributed by atoms with Crippen LogP contribution in [-0.2, 0) is 15.3 Å². The molecule has 0 bridgehead atoms. The number of carboxylic acids is 1. The van der Waals surface area contributed by atoms with Crippen LogP contribution in [0.25, 0.3) is 10.8 Å². The van der Waals surface area contributed by atoms with Gasteiger partial charge < -0.3 is 14.9 Å². The maximum absolute atomic E-state index is 10.8. The quantitative estimate of drug-likeness (QED) is 0.706. The first-order valence-corrected chi connectivity index (χ1v) is 7.61. The number of hydrogen-bond donors (Lipinski definition) is 2. The minimum Gasteiger partial charge on any atom is -0.480 e. The Morgan fingerprint density at radius 2 is 2.50 bits per heavy atom. The van der Waals surface area contributed by atoms with Gasteiger partial charge in [-0.05, 0) is 11.4 Å². The summed E-state index contributed by atoms with van der Waals surface area (Å²) in [5.74, 6) is 0.526. The average molecular weight is 313 g/mol. The first kappa shape index (κ1) is 14.5. The highest BCUT2D eigenvalue weighted by molar-refractivity contribution is 7.98. The number of rotatable bonds is 8. The number of nitrogens with zero attached hydrogens (tertiary/aromatic N) is 2. The number of carbonyl (C=O) groups is 2. The number of aliphatic carboxylic acids is 1. The van der Waals surface area contributed by atoms with Gasteiger partial charge >= 0.3 is 5.97 Å². The lowest BCUT2D eigenvalue weighted by atomic mass is 10.3. The number of aromatic nitrogens is 2. The molecule has 1 atom stereocenters. The summed E-state index contributed by atoms with van der Waals surface area (Å²) in [6.07, 6.45) is 0.378. The summed E-state index contributed by atoms with van der Waals surface area (Å²) in [7, 11) is 0. The highest BCUT2D eigenvalue weighted by atomic mass is 32.2. The van der Waals surface area contributed by atoms with Gasteiger partial charge in [0, 0.05) is 5.75 Å². The van der Waals surface area contributed by atoms with E-state index in [1.54, 1.807) is 0 Å². The molecule has 0 spiro atoms. The van der Waals surface area contributed by atoms with Crippen LogP contribution in [0.5, 0.6) is 0 Å². The fourth-order valence-corrected chi connectivity index (χ4v) is 2.89. The third kappa shape index (κ3) is 3.81. The second kappa shape index (κ2) is 7.06. The van der Waals surface area contributed by atoms with E-state index in [1.807, 2.05) is 17.5 Å². The van der Waals surface area contributed by atoms with E-state index >= 15 is 0 Å². The molecule has 0 saturated carbocycles. The zero-order valence-corrected chi connectivity index (χ0v) is 11.8. The lowest BCUT2D eigenvalue weighted by Gasteiger charge is -2.09. The minimum absolute atomic E-state index is 0.233. The molecule has 2 rings (SSSR count). The number of hydrogen-bond acceptors (Lipinski definition) is 7. The number of nitrogens with one attached hydrogen (secondary N) is 1. The fourth-order valence-electron chi connectivity index (χ4n) is 1.35. The SMILES string of the molecule is O=CNC(CSCc1noc(-c2cccs2)n1)C(=O)O. The van der Waals surface area contributed by atoms with Crippen molar-refractivity contribution in [2.75, 3.05) is 5.75 Å². The molecule has 0 saturated heterocycles. The Balaban J connectivity index is 1.85. The highest BCUT2D eigenvalue weighted by Crippen LogP contribution is 2.23. The molecule has 2 aromatic heterocycles. The van der Waals surface area contributed by atoms with E-state index in [0.29, 0.717) is 23.9 Å². The molecule has 0 aliphatic rings. The topological polar surface area (TPSA) is 105 Å². The molecular formula is C11H11N3O4S2. The third-order valence-corrected chi connectivity index (χ3v) is 4.17. The molecule has 1 amide bonds. The average Bonchev–Trinajstić information content (AvgIpc) is 3.08. The van der Waals surface area contributed by atoms with E-state index in [9.17, 15) is 9.59 Å². The summed E-state index contributed by atoms with van der Waals surface area (Å²) in [5, 5.41) is 16.8. The fraction of sp³-hybridized carbons (Fsp3) is 0.273. The number of carboxylic acid groups (broad SMARTS) is 1. The maximum Gasteiger partial charge on any atom is 0.327 e. The Morgan fingerprint density at radius 1 is 1.65 bits per heavy atom. The number of thiophene rings is 1. The number of carbonyl (C=O) groups excluding carboxylic acids is 1. The van der Waals surface area contributed by atoms with Crippen LogP contribution < -0.4 is 5.32 Å². The van der Waals surface area contributed by atoms with Crippen molar-refractivity contribution in [1.29, 1.82) is 0 Å². The van der Waals surface area contributed by atoms with Crippen molar-refractivity contribution >= 4 is 35.5 Å². The van der Waals surface area contributed by atoms with Gasteiger partial charge in [-0.1, -0.05) is 11.2 Å². The van der Waals surface area contributed by atoms with Crippen LogP contribution in [0.1, 0.15) is 5.82 Å². The van der Waals surface area contributed by atoms with Gasteiger partial charge in [0.25, 0.3) is 5.89 Å². The summed E-state index contributed by atoms with van der Waals surface area (Å²) in [6, 6.07) is 2.85. The first-order valence-electron chi connectivity index (χ1n) is 5.57. The second-order valence-corrected chi connectivity index (χ2v) is 5.66. The van der Waals surface area contributed by atoms with Gasteiger partial charge in [0.2, 0.25) is 6.41 Å². The highest BCUT2D eigenvalue weighted by Gasteiger charge is 2.17. The van der Waals surface area contributed by atoms with Crippen LogP contribution in [0.15, 0.2) is 22.0 Å². The predicted octanol–water partition coefficient (Wildman–Crippen LogP) is 1.23. The molecule has 0 aliphatic carbocycles. The van der Waals surface area contributed by atoms with Gasteiger partial charge in [0.15, 0.2) is 5.82 Å². The Morgan fingerprint density at radius 3 is 3.15 bits per heavy atom. The molecular weight excluding hydrogens is 302 g/mol. The smallest absolute Gasteiger partial charge is 0.327 e. The van der Waals surface area contributed by atoms with Crippen molar-refractivity contribution in [3.8, 4) is 10.8 Å². The van der Waals surface area contributed by atoms with Gasteiger partial charge in [-0.25, -0.2) is 4.79 Å². The van der Waals surface area contributed by atoms with Gasteiger partial charge in [-0.15, -0.1) is 11.3 Å². The van der Waals surface area contributed by atoms with Crippen molar-refractivity contribution in [3.63, 3.8) is 0 Å². The summed E-state index contributed by atoms with van der Waals surface area (Å²) < 4.78 is 5.11. The van der Waals surface area contributed by atoms with Crippen LogP contribution in [0.2, 0.25) is 0 Å². The lowest BCUT2D eigenvalue weighted by Crippen LogP contribution is -2.37. The second-order valence-electron chi connectivity index (χ2n) is 3.68. The van der Waals surface area contributed by atoms with E-state index < -0.39 is 12.0 Å². The van der Waals surface area contributed by atoms with Crippen LogP contribution in [-0.4, -0.2) is 39.4 Å². The molecule has 9 heteroatoms. The molecule has 0 fully saturated rings. The predicted molar refractivity (Wildman–Crippen MR) is 74.4 cm³/mol. The Bertz CT molecular complexity index is 570. The number of thioether (sulfide) groups is 1. The van der Waals surface area contributed by atoms with Crippen molar-refractivity contribution in [2.45, 2.75) is 11.8 Å². The molecule has 2 aromatic rings. The van der Waals surface area contributed by atoms with Crippen molar-refractivity contribution in [2.24, 2.45) is 0 Å². The van der Waals surface area contributed by atoms with Crippen LogP contribution in [0, 0.1) is 0 Å². The van der Waals surface area contributed by atoms with E-state index in [4.69, 9.17) is 9.63 Å². The molecule has 2 heterocycles. The van der Waals surface area contributed by atoms with Crippen LogP contribution in [0.4, 0.5) is 0 Å². The van der Waals surface area contributed by atoms with Crippen molar-refractivity contribution in [3.05, 3.63) is 23.3 Å². The van der Waals surface area contributed by atoms with Crippen molar-refractivity contribution < 1.29 is 19.2 Å². The molecule has 0 aliphatic heterocycles. The summed E-state index contributed by atoms with van der Waals surface area (Å²) in [6.45, 7) is 0. The number of amides is 1. The molecule has 0 aromatic carbocycles. The summed E-state index contributed by atoms with van der Waals surface area (Å²) >= 11 is 2.81. The Kier molecular flexibility index (Phi) is 5.13. The summed E-state index contributed by atoms with van der Waals surface area (Å²) in [5.41, 5.74) is 0. The molecule has 20 heavy (non-hydrogen) atoms.